The highest BCUT2D eigenvalue weighted by atomic mass is 35.5. The standard InChI is InChI=1S/C19H16ClN3O3S/c1-26-14-8-6-12(7-9-14)17(24)23-19-22-16(11-27-19)18(25)21-10-13-4-2-3-5-15(13)20/h2-9,11H,10H2,1H3,(H,21,25)(H,22,23,24). The van der Waals surface area contributed by atoms with E-state index < -0.39 is 0 Å². The van der Waals surface area contributed by atoms with Crippen molar-refractivity contribution in [3.63, 3.8) is 0 Å². The number of methoxy groups -OCH3 is 1. The molecule has 0 spiro atoms. The molecule has 0 saturated carbocycles. The first-order valence-corrected chi connectivity index (χ1v) is 9.25. The van der Waals surface area contributed by atoms with Gasteiger partial charge in [0, 0.05) is 22.5 Å². The molecule has 2 amide bonds. The van der Waals surface area contributed by atoms with Gasteiger partial charge in [-0.05, 0) is 35.9 Å². The van der Waals surface area contributed by atoms with Crippen LogP contribution in [0.2, 0.25) is 5.02 Å². The van der Waals surface area contributed by atoms with Crippen molar-refractivity contribution in [2.45, 2.75) is 6.54 Å². The summed E-state index contributed by atoms with van der Waals surface area (Å²) in [6, 6.07) is 14.0. The van der Waals surface area contributed by atoms with Gasteiger partial charge in [-0.15, -0.1) is 11.3 Å². The van der Waals surface area contributed by atoms with E-state index in [1.807, 2.05) is 18.2 Å². The molecule has 2 aromatic carbocycles. The molecule has 8 heteroatoms. The highest BCUT2D eigenvalue weighted by molar-refractivity contribution is 7.14. The van der Waals surface area contributed by atoms with Gasteiger partial charge in [0.2, 0.25) is 0 Å². The Kier molecular flexibility index (Phi) is 6.05. The van der Waals surface area contributed by atoms with Gasteiger partial charge < -0.3 is 10.1 Å². The smallest absolute Gasteiger partial charge is 0.271 e. The highest BCUT2D eigenvalue weighted by Gasteiger charge is 2.13. The zero-order valence-corrected chi connectivity index (χ0v) is 15.9. The number of aromatic nitrogens is 1. The molecule has 0 radical (unpaired) electrons. The number of nitrogens with one attached hydrogen (secondary N) is 2. The molecular formula is C19H16ClN3O3S. The Labute approximate surface area is 165 Å². The summed E-state index contributed by atoms with van der Waals surface area (Å²) in [5.74, 6) is 0.0180. The molecule has 0 fully saturated rings. The second kappa shape index (κ2) is 8.66. The third-order valence-electron chi connectivity index (χ3n) is 3.71. The predicted molar refractivity (Wildman–Crippen MR) is 106 cm³/mol. The SMILES string of the molecule is COc1ccc(C(=O)Nc2nc(C(=O)NCc3ccccc3Cl)cs2)cc1. The molecule has 27 heavy (non-hydrogen) atoms. The summed E-state index contributed by atoms with van der Waals surface area (Å²) >= 11 is 7.25. The molecule has 0 saturated heterocycles. The number of rotatable bonds is 6. The van der Waals surface area contributed by atoms with Crippen molar-refractivity contribution in [3.05, 3.63) is 75.8 Å². The minimum atomic E-state index is -0.337. The molecular weight excluding hydrogens is 386 g/mol. The fourth-order valence-electron chi connectivity index (χ4n) is 2.25. The number of thiazole rings is 1. The van der Waals surface area contributed by atoms with Gasteiger partial charge in [0.25, 0.3) is 11.8 Å². The maximum Gasteiger partial charge on any atom is 0.271 e. The van der Waals surface area contributed by atoms with E-state index in [9.17, 15) is 9.59 Å². The van der Waals surface area contributed by atoms with Crippen molar-refractivity contribution < 1.29 is 14.3 Å². The number of anilines is 1. The lowest BCUT2D eigenvalue weighted by Crippen LogP contribution is -2.23. The summed E-state index contributed by atoms with van der Waals surface area (Å²) in [4.78, 5) is 28.6. The van der Waals surface area contributed by atoms with Crippen molar-refractivity contribution in [1.82, 2.24) is 10.3 Å². The third-order valence-corrected chi connectivity index (χ3v) is 4.83. The van der Waals surface area contributed by atoms with Crippen LogP contribution in [0.4, 0.5) is 5.13 Å². The summed E-state index contributed by atoms with van der Waals surface area (Å²) in [7, 11) is 1.56. The van der Waals surface area contributed by atoms with Gasteiger partial charge in [-0.25, -0.2) is 4.98 Å². The van der Waals surface area contributed by atoms with Crippen LogP contribution >= 0.6 is 22.9 Å². The zero-order valence-electron chi connectivity index (χ0n) is 14.4. The molecule has 2 N–H and O–H groups in total. The molecule has 0 aliphatic rings. The number of carbonyl (C=O) groups excluding carboxylic acids is 2. The molecule has 0 aliphatic carbocycles. The predicted octanol–water partition coefficient (Wildman–Crippen LogP) is 3.99. The van der Waals surface area contributed by atoms with Crippen LogP contribution in [0, 0.1) is 0 Å². The number of carbonyl (C=O) groups is 2. The third kappa shape index (κ3) is 4.84. The van der Waals surface area contributed by atoms with Crippen molar-refractivity contribution in [2.75, 3.05) is 12.4 Å². The molecule has 0 unspecified atom stereocenters. The van der Waals surface area contributed by atoms with E-state index in [4.69, 9.17) is 16.3 Å². The fourth-order valence-corrected chi connectivity index (χ4v) is 3.14. The molecule has 3 aromatic rings. The number of ether oxygens (including phenoxy) is 1. The van der Waals surface area contributed by atoms with Crippen molar-refractivity contribution in [1.29, 1.82) is 0 Å². The topological polar surface area (TPSA) is 80.3 Å². The van der Waals surface area contributed by atoms with E-state index in [1.165, 1.54) is 11.3 Å². The van der Waals surface area contributed by atoms with Crippen molar-refractivity contribution in [2.24, 2.45) is 0 Å². The Morgan fingerprint density at radius 2 is 1.85 bits per heavy atom. The molecule has 0 atom stereocenters. The average Bonchev–Trinajstić information content (AvgIpc) is 3.15. The molecule has 1 aromatic heterocycles. The van der Waals surface area contributed by atoms with E-state index in [-0.39, 0.29) is 17.5 Å². The van der Waals surface area contributed by atoms with E-state index in [1.54, 1.807) is 42.8 Å². The van der Waals surface area contributed by atoms with Crippen LogP contribution in [-0.2, 0) is 6.54 Å². The lowest BCUT2D eigenvalue weighted by Gasteiger charge is -2.05. The van der Waals surface area contributed by atoms with E-state index in [0.29, 0.717) is 28.0 Å². The van der Waals surface area contributed by atoms with Gasteiger partial charge in [-0.2, -0.15) is 0 Å². The van der Waals surface area contributed by atoms with Gasteiger partial charge in [0.1, 0.15) is 11.4 Å². The zero-order chi connectivity index (χ0) is 19.2. The first-order valence-electron chi connectivity index (χ1n) is 7.99. The van der Waals surface area contributed by atoms with Gasteiger partial charge >= 0.3 is 0 Å². The number of nitrogens with zero attached hydrogens (tertiary/aromatic N) is 1. The minimum Gasteiger partial charge on any atom is -0.497 e. The molecule has 0 aliphatic heterocycles. The summed E-state index contributed by atoms with van der Waals surface area (Å²) in [5, 5.41) is 7.96. The Hall–Kier alpha value is -2.90. The lowest BCUT2D eigenvalue weighted by molar-refractivity contribution is 0.0945. The maximum absolute atomic E-state index is 12.2. The van der Waals surface area contributed by atoms with Gasteiger partial charge in [-0.1, -0.05) is 29.8 Å². The van der Waals surface area contributed by atoms with Crippen LogP contribution < -0.4 is 15.4 Å². The molecule has 3 rings (SSSR count). The summed E-state index contributed by atoms with van der Waals surface area (Å²) in [5.41, 5.74) is 1.52. The van der Waals surface area contributed by atoms with Gasteiger partial charge in [0.05, 0.1) is 7.11 Å². The Morgan fingerprint density at radius 1 is 1.11 bits per heavy atom. The summed E-state index contributed by atoms with van der Waals surface area (Å²) < 4.78 is 5.06. The average molecular weight is 402 g/mol. The second-order valence-electron chi connectivity index (χ2n) is 5.49. The lowest BCUT2D eigenvalue weighted by atomic mass is 10.2. The number of amides is 2. The summed E-state index contributed by atoms with van der Waals surface area (Å²) in [6.45, 7) is 0.295. The monoisotopic (exact) mass is 401 g/mol. The van der Waals surface area contributed by atoms with Crippen LogP contribution in [0.3, 0.4) is 0 Å². The van der Waals surface area contributed by atoms with Crippen LogP contribution in [-0.4, -0.2) is 23.9 Å². The molecule has 1 heterocycles. The van der Waals surface area contributed by atoms with E-state index >= 15 is 0 Å². The normalized spacial score (nSPS) is 10.3. The van der Waals surface area contributed by atoms with E-state index in [2.05, 4.69) is 15.6 Å². The number of hydrogen-bond donors (Lipinski definition) is 2. The van der Waals surface area contributed by atoms with E-state index in [0.717, 1.165) is 5.56 Å². The summed E-state index contributed by atoms with van der Waals surface area (Å²) in [6.07, 6.45) is 0. The minimum absolute atomic E-state index is 0.233. The molecule has 138 valence electrons. The molecule has 0 bridgehead atoms. The quantitative estimate of drug-likeness (QED) is 0.654. The van der Waals surface area contributed by atoms with Crippen LogP contribution in [0.5, 0.6) is 5.75 Å². The van der Waals surface area contributed by atoms with Crippen LogP contribution in [0.1, 0.15) is 26.4 Å². The second-order valence-corrected chi connectivity index (χ2v) is 6.76. The number of hydrogen-bond acceptors (Lipinski definition) is 5. The Morgan fingerprint density at radius 3 is 2.56 bits per heavy atom. The van der Waals surface area contributed by atoms with Crippen LogP contribution in [0.15, 0.2) is 53.9 Å². The number of halogens is 1. The van der Waals surface area contributed by atoms with Gasteiger partial charge in [0.15, 0.2) is 5.13 Å². The maximum atomic E-state index is 12.2. The largest absolute Gasteiger partial charge is 0.497 e. The van der Waals surface area contributed by atoms with Crippen LogP contribution in [0.25, 0.3) is 0 Å². The molecule has 6 nitrogen and oxygen atoms in total. The first-order chi connectivity index (χ1) is 13.1. The first kappa shape index (κ1) is 18.9. The fraction of sp³-hybridized carbons (Fsp3) is 0.105. The Bertz CT molecular complexity index is 957. The van der Waals surface area contributed by atoms with Crippen molar-refractivity contribution >= 4 is 39.9 Å². The van der Waals surface area contributed by atoms with Gasteiger partial charge in [-0.3, -0.25) is 14.9 Å². The highest BCUT2D eigenvalue weighted by Crippen LogP contribution is 2.19. The Balaban J connectivity index is 1.59. The van der Waals surface area contributed by atoms with Crippen molar-refractivity contribution in [3.8, 4) is 5.75 Å². The number of benzene rings is 2.